The van der Waals surface area contributed by atoms with Crippen LogP contribution >= 0.6 is 23.8 Å². The van der Waals surface area contributed by atoms with Crippen molar-refractivity contribution in [2.75, 3.05) is 43.5 Å². The van der Waals surface area contributed by atoms with E-state index in [0.29, 0.717) is 48.1 Å². The lowest BCUT2D eigenvalue weighted by Crippen LogP contribution is -2.49. The number of halogens is 1. The van der Waals surface area contributed by atoms with Crippen LogP contribution in [0.4, 0.5) is 11.4 Å². The molecule has 9 heteroatoms. The molecular weight excluding hydrogens is 484 g/mol. The van der Waals surface area contributed by atoms with Crippen LogP contribution in [-0.4, -0.2) is 55.1 Å². The first-order valence-corrected chi connectivity index (χ1v) is 11.9. The Morgan fingerprint density at radius 3 is 2.29 bits per heavy atom. The summed E-state index contributed by atoms with van der Waals surface area (Å²) >= 11 is 11.5. The third-order valence-corrected chi connectivity index (χ3v) is 6.22. The van der Waals surface area contributed by atoms with Crippen molar-refractivity contribution in [3.8, 4) is 5.75 Å². The molecule has 35 heavy (non-hydrogen) atoms. The number of anilines is 2. The molecule has 3 aromatic carbocycles. The molecule has 3 aromatic rings. The van der Waals surface area contributed by atoms with Crippen LogP contribution in [-0.2, 0) is 0 Å². The normalized spacial score (nSPS) is 13.2. The molecule has 0 saturated carbocycles. The van der Waals surface area contributed by atoms with E-state index in [0.717, 1.165) is 11.4 Å². The molecule has 1 fully saturated rings. The summed E-state index contributed by atoms with van der Waals surface area (Å²) in [5.74, 6) is 0.153. The summed E-state index contributed by atoms with van der Waals surface area (Å²) in [6.45, 7) is 2.59. The second-order valence-electron chi connectivity index (χ2n) is 7.92. The number of carbonyl (C=O) groups is 2. The molecule has 0 unspecified atom stereocenters. The number of amides is 2. The number of ether oxygens (including phenoxy) is 1. The zero-order valence-electron chi connectivity index (χ0n) is 19.2. The molecule has 0 aliphatic carbocycles. The van der Waals surface area contributed by atoms with Crippen LogP contribution in [0.2, 0.25) is 5.02 Å². The van der Waals surface area contributed by atoms with E-state index in [1.165, 1.54) is 13.2 Å². The predicted octanol–water partition coefficient (Wildman–Crippen LogP) is 4.44. The molecule has 2 amide bonds. The quantitative estimate of drug-likeness (QED) is 0.496. The Morgan fingerprint density at radius 2 is 1.60 bits per heavy atom. The number of methoxy groups -OCH3 is 1. The van der Waals surface area contributed by atoms with Gasteiger partial charge in [0.05, 0.1) is 23.5 Å². The van der Waals surface area contributed by atoms with Crippen LogP contribution in [0, 0.1) is 0 Å². The highest BCUT2D eigenvalue weighted by molar-refractivity contribution is 7.80. The molecule has 0 atom stereocenters. The number of para-hydroxylation sites is 2. The van der Waals surface area contributed by atoms with Crippen molar-refractivity contribution in [2.45, 2.75) is 0 Å². The van der Waals surface area contributed by atoms with Crippen molar-refractivity contribution in [2.24, 2.45) is 0 Å². The van der Waals surface area contributed by atoms with Gasteiger partial charge in [-0.25, -0.2) is 0 Å². The van der Waals surface area contributed by atoms with Crippen LogP contribution in [0.1, 0.15) is 20.7 Å². The lowest BCUT2D eigenvalue weighted by molar-refractivity contribution is 0.0746. The second-order valence-corrected chi connectivity index (χ2v) is 8.74. The van der Waals surface area contributed by atoms with Crippen molar-refractivity contribution < 1.29 is 14.3 Å². The SMILES string of the molecule is COc1ccc(C(=O)NC(=S)Nc2ccccc2N2CCN(C(=O)c3ccccc3)CC2)cc1Cl. The molecule has 0 radical (unpaired) electrons. The molecule has 180 valence electrons. The molecule has 0 aromatic heterocycles. The van der Waals surface area contributed by atoms with Gasteiger partial charge < -0.3 is 19.9 Å². The van der Waals surface area contributed by atoms with Crippen LogP contribution in [0.15, 0.2) is 72.8 Å². The number of piperazine rings is 1. The minimum atomic E-state index is -0.377. The molecule has 0 bridgehead atoms. The fraction of sp³-hybridized carbons (Fsp3) is 0.192. The van der Waals surface area contributed by atoms with E-state index in [-0.39, 0.29) is 16.9 Å². The minimum Gasteiger partial charge on any atom is -0.495 e. The molecule has 2 N–H and O–H groups in total. The van der Waals surface area contributed by atoms with Crippen molar-refractivity contribution in [3.63, 3.8) is 0 Å². The molecule has 1 saturated heterocycles. The molecule has 1 heterocycles. The van der Waals surface area contributed by atoms with E-state index in [4.69, 9.17) is 28.6 Å². The fourth-order valence-corrected chi connectivity index (χ4v) is 4.37. The maximum atomic E-state index is 12.8. The highest BCUT2D eigenvalue weighted by Gasteiger charge is 2.23. The van der Waals surface area contributed by atoms with Gasteiger partial charge in [-0.3, -0.25) is 14.9 Å². The van der Waals surface area contributed by atoms with Gasteiger partial charge in [0.1, 0.15) is 5.75 Å². The fourth-order valence-electron chi connectivity index (χ4n) is 3.91. The molecule has 4 rings (SSSR count). The van der Waals surface area contributed by atoms with Crippen molar-refractivity contribution in [1.82, 2.24) is 10.2 Å². The highest BCUT2D eigenvalue weighted by Crippen LogP contribution is 2.27. The van der Waals surface area contributed by atoms with Gasteiger partial charge in [0.15, 0.2) is 5.11 Å². The van der Waals surface area contributed by atoms with Gasteiger partial charge in [-0.05, 0) is 54.7 Å². The van der Waals surface area contributed by atoms with E-state index in [1.54, 1.807) is 12.1 Å². The first-order valence-electron chi connectivity index (χ1n) is 11.1. The summed E-state index contributed by atoms with van der Waals surface area (Å²) < 4.78 is 5.12. The van der Waals surface area contributed by atoms with E-state index in [2.05, 4.69) is 15.5 Å². The highest BCUT2D eigenvalue weighted by atomic mass is 35.5. The van der Waals surface area contributed by atoms with E-state index in [9.17, 15) is 9.59 Å². The van der Waals surface area contributed by atoms with Crippen molar-refractivity contribution in [3.05, 3.63) is 88.9 Å². The monoisotopic (exact) mass is 508 g/mol. The van der Waals surface area contributed by atoms with Crippen molar-refractivity contribution >= 4 is 52.1 Å². The third kappa shape index (κ3) is 5.90. The predicted molar refractivity (Wildman–Crippen MR) is 143 cm³/mol. The van der Waals surface area contributed by atoms with E-state index >= 15 is 0 Å². The zero-order chi connectivity index (χ0) is 24.8. The lowest BCUT2D eigenvalue weighted by Gasteiger charge is -2.37. The first kappa shape index (κ1) is 24.5. The van der Waals surface area contributed by atoms with Gasteiger partial charge in [0.25, 0.3) is 11.8 Å². The molecule has 1 aliphatic heterocycles. The van der Waals surface area contributed by atoms with Crippen LogP contribution in [0.25, 0.3) is 0 Å². The molecule has 0 spiro atoms. The van der Waals surface area contributed by atoms with Crippen LogP contribution in [0.5, 0.6) is 5.75 Å². The maximum Gasteiger partial charge on any atom is 0.257 e. The number of rotatable bonds is 5. The Bertz CT molecular complexity index is 1230. The summed E-state index contributed by atoms with van der Waals surface area (Å²) in [7, 11) is 1.51. The third-order valence-electron chi connectivity index (χ3n) is 5.72. The van der Waals surface area contributed by atoms with Gasteiger partial charge in [-0.1, -0.05) is 41.9 Å². The summed E-state index contributed by atoms with van der Waals surface area (Å²) in [5.41, 5.74) is 2.78. The number of nitrogens with zero attached hydrogens (tertiary/aromatic N) is 2. The Labute approximate surface area is 214 Å². The molecule has 7 nitrogen and oxygen atoms in total. The minimum absolute atomic E-state index is 0.0409. The largest absolute Gasteiger partial charge is 0.495 e. The second kappa shape index (κ2) is 11.2. The van der Waals surface area contributed by atoms with Gasteiger partial charge >= 0.3 is 0 Å². The van der Waals surface area contributed by atoms with E-state index in [1.807, 2.05) is 59.5 Å². The average Bonchev–Trinajstić information content (AvgIpc) is 2.89. The van der Waals surface area contributed by atoms with Crippen molar-refractivity contribution in [1.29, 1.82) is 0 Å². The molecular formula is C26H25ClN4O3S. The summed E-state index contributed by atoms with van der Waals surface area (Å²) in [4.78, 5) is 29.4. The molecule has 1 aliphatic rings. The summed E-state index contributed by atoms with van der Waals surface area (Å²) in [6.07, 6.45) is 0. The number of carbonyl (C=O) groups excluding carboxylic acids is 2. The van der Waals surface area contributed by atoms with Gasteiger partial charge in [-0.15, -0.1) is 0 Å². The number of nitrogens with one attached hydrogen (secondary N) is 2. The number of thiocarbonyl (C=S) groups is 1. The Hall–Kier alpha value is -3.62. The Morgan fingerprint density at radius 1 is 0.914 bits per heavy atom. The smallest absolute Gasteiger partial charge is 0.257 e. The maximum absolute atomic E-state index is 12.8. The number of hydrogen-bond donors (Lipinski definition) is 2. The summed E-state index contributed by atoms with van der Waals surface area (Å²) in [5, 5.41) is 6.33. The standard InChI is InChI=1S/C26H25ClN4O3S/c1-34-23-12-11-19(17-20(23)27)24(32)29-26(35)28-21-9-5-6-10-22(21)30-13-15-31(16-14-30)25(33)18-7-3-2-4-8-18/h2-12,17H,13-16H2,1H3,(H2,28,29,32,35). The van der Waals surface area contributed by atoms with Crippen LogP contribution in [0.3, 0.4) is 0 Å². The first-order chi connectivity index (χ1) is 17.0. The average molecular weight is 509 g/mol. The zero-order valence-corrected chi connectivity index (χ0v) is 20.7. The van der Waals surface area contributed by atoms with Gasteiger partial charge in [0, 0.05) is 37.3 Å². The van der Waals surface area contributed by atoms with Gasteiger partial charge in [0.2, 0.25) is 0 Å². The van der Waals surface area contributed by atoms with Crippen LogP contribution < -0.4 is 20.3 Å². The topological polar surface area (TPSA) is 73.9 Å². The Balaban J connectivity index is 1.38. The summed E-state index contributed by atoms with van der Waals surface area (Å²) in [6, 6.07) is 21.8. The lowest BCUT2D eigenvalue weighted by atomic mass is 10.1. The van der Waals surface area contributed by atoms with Gasteiger partial charge in [-0.2, -0.15) is 0 Å². The number of hydrogen-bond acceptors (Lipinski definition) is 5. The number of benzene rings is 3. The van der Waals surface area contributed by atoms with E-state index < -0.39 is 0 Å². The Kier molecular flexibility index (Phi) is 7.84.